The number of benzene rings is 1. The molecule has 0 N–H and O–H groups in total. The van der Waals surface area contributed by atoms with Crippen LogP contribution in [-0.2, 0) is 4.79 Å². The summed E-state index contributed by atoms with van der Waals surface area (Å²) in [5.74, 6) is 0.703. The van der Waals surface area contributed by atoms with Crippen LogP contribution in [0.25, 0.3) is 11.0 Å². The summed E-state index contributed by atoms with van der Waals surface area (Å²) >= 11 is 12.3. The van der Waals surface area contributed by atoms with Crippen LogP contribution in [0.4, 0.5) is 0 Å². The number of likely N-dealkylation sites (N-methyl/N-ethyl adjacent to an activating group) is 1. The molecule has 0 bridgehead atoms. The fourth-order valence-electron chi connectivity index (χ4n) is 2.36. The summed E-state index contributed by atoms with van der Waals surface area (Å²) in [6.45, 7) is 6.31. The third kappa shape index (κ3) is 3.01. The lowest BCUT2D eigenvalue weighted by molar-refractivity contribution is -0.132. The molecule has 0 radical (unpaired) electrons. The fraction of sp³-hybridized carbons (Fsp3) is 0.467. The lowest BCUT2D eigenvalue weighted by Crippen LogP contribution is -2.33. The van der Waals surface area contributed by atoms with Crippen LogP contribution in [-0.4, -0.2) is 34.0 Å². The molecule has 21 heavy (non-hydrogen) atoms. The molecule has 0 saturated heterocycles. The van der Waals surface area contributed by atoms with Gasteiger partial charge in [0.2, 0.25) is 5.91 Å². The van der Waals surface area contributed by atoms with Gasteiger partial charge in [-0.25, -0.2) is 4.98 Å². The summed E-state index contributed by atoms with van der Waals surface area (Å²) in [5.41, 5.74) is 1.62. The number of hydrogen-bond donors (Lipinski definition) is 0. The zero-order valence-corrected chi connectivity index (χ0v) is 14.1. The topological polar surface area (TPSA) is 38.1 Å². The molecule has 0 aliphatic carbocycles. The number of amides is 1. The van der Waals surface area contributed by atoms with Crippen LogP contribution in [0.2, 0.25) is 5.02 Å². The van der Waals surface area contributed by atoms with Crippen LogP contribution < -0.4 is 0 Å². The lowest BCUT2D eigenvalue weighted by Gasteiger charge is -2.23. The second-order valence-electron chi connectivity index (χ2n) is 5.12. The molecule has 0 aliphatic rings. The molecular weight excluding hydrogens is 309 g/mol. The van der Waals surface area contributed by atoms with E-state index in [9.17, 15) is 4.79 Å². The Morgan fingerprint density at radius 1 is 1.43 bits per heavy atom. The zero-order valence-electron chi connectivity index (χ0n) is 12.6. The molecule has 114 valence electrons. The molecule has 1 heterocycles. The molecule has 1 aromatic heterocycles. The maximum atomic E-state index is 12.5. The Kier molecular flexibility index (Phi) is 4.79. The Morgan fingerprint density at radius 2 is 2.10 bits per heavy atom. The summed E-state index contributed by atoms with van der Waals surface area (Å²) in [5, 5.41) is 0.319. The number of rotatable bonds is 4. The van der Waals surface area contributed by atoms with Gasteiger partial charge >= 0.3 is 0 Å². The molecular formula is C15H19Cl2N3O. The van der Waals surface area contributed by atoms with E-state index >= 15 is 0 Å². The highest BCUT2D eigenvalue weighted by Crippen LogP contribution is 2.30. The molecule has 0 aliphatic heterocycles. The molecule has 0 spiro atoms. The van der Waals surface area contributed by atoms with Crippen molar-refractivity contribution in [3.63, 3.8) is 0 Å². The van der Waals surface area contributed by atoms with Crippen LogP contribution in [0.5, 0.6) is 0 Å². The first-order valence-electron chi connectivity index (χ1n) is 6.93. The van der Waals surface area contributed by atoms with Gasteiger partial charge in [-0.2, -0.15) is 0 Å². The van der Waals surface area contributed by atoms with Crippen molar-refractivity contribution in [3.8, 4) is 0 Å². The quantitative estimate of drug-likeness (QED) is 0.795. The van der Waals surface area contributed by atoms with Gasteiger partial charge in [-0.05, 0) is 39.0 Å². The van der Waals surface area contributed by atoms with Gasteiger partial charge in [0.25, 0.3) is 0 Å². The fourth-order valence-corrected chi connectivity index (χ4v) is 2.68. The second kappa shape index (κ2) is 6.24. The van der Waals surface area contributed by atoms with E-state index < -0.39 is 0 Å². The maximum Gasteiger partial charge on any atom is 0.245 e. The van der Waals surface area contributed by atoms with Gasteiger partial charge < -0.3 is 9.47 Å². The normalized spacial score (nSPS) is 14.2. The number of alkyl halides is 1. The summed E-state index contributed by atoms with van der Waals surface area (Å²) in [6.07, 6.45) is 0. The Hall–Kier alpha value is -1.26. The largest absolute Gasteiger partial charge is 0.344 e. The number of imidazole rings is 1. The van der Waals surface area contributed by atoms with Gasteiger partial charge in [-0.1, -0.05) is 11.6 Å². The average Bonchev–Trinajstić information content (AvgIpc) is 2.83. The van der Waals surface area contributed by atoms with Crippen molar-refractivity contribution >= 4 is 40.1 Å². The van der Waals surface area contributed by atoms with E-state index in [-0.39, 0.29) is 17.3 Å². The van der Waals surface area contributed by atoms with E-state index in [1.807, 2.05) is 37.5 Å². The Labute approximate surface area is 134 Å². The summed E-state index contributed by atoms with van der Waals surface area (Å²) in [6, 6.07) is 5.07. The average molecular weight is 328 g/mol. The van der Waals surface area contributed by atoms with Crippen molar-refractivity contribution < 1.29 is 4.79 Å². The number of fused-ring (bicyclic) bond motifs is 1. The summed E-state index contributed by atoms with van der Waals surface area (Å²) in [4.78, 5) is 18.7. The third-order valence-electron chi connectivity index (χ3n) is 3.63. The van der Waals surface area contributed by atoms with E-state index in [2.05, 4.69) is 4.98 Å². The number of halogens is 2. The van der Waals surface area contributed by atoms with E-state index in [1.54, 1.807) is 18.0 Å². The molecule has 1 amide bonds. The van der Waals surface area contributed by atoms with Gasteiger partial charge in [0.1, 0.15) is 11.9 Å². The molecule has 6 heteroatoms. The Bertz CT molecular complexity index is 666. The number of nitrogens with zero attached hydrogens (tertiary/aromatic N) is 3. The SMILES string of the molecule is CCN(C)C(=O)C(C)n1c(C(C)Cl)nc2ccc(Cl)cc21. The van der Waals surface area contributed by atoms with Crippen LogP contribution in [0.3, 0.4) is 0 Å². The first-order chi connectivity index (χ1) is 9.86. The minimum absolute atomic E-state index is 0.0235. The van der Waals surface area contributed by atoms with Gasteiger partial charge in [-0.3, -0.25) is 4.79 Å². The predicted molar refractivity (Wildman–Crippen MR) is 87.0 cm³/mol. The van der Waals surface area contributed by atoms with Gasteiger partial charge in [0.15, 0.2) is 0 Å². The van der Waals surface area contributed by atoms with Gasteiger partial charge in [-0.15, -0.1) is 11.6 Å². The maximum absolute atomic E-state index is 12.5. The van der Waals surface area contributed by atoms with E-state index in [0.29, 0.717) is 17.4 Å². The van der Waals surface area contributed by atoms with Crippen molar-refractivity contribution in [3.05, 3.63) is 29.0 Å². The monoisotopic (exact) mass is 327 g/mol. The standard InChI is InChI=1S/C15H19Cl2N3O/c1-5-19(4)15(21)10(3)20-13-8-11(17)6-7-12(13)18-14(20)9(2)16/h6-10H,5H2,1-4H3. The molecule has 2 aromatic rings. The van der Waals surface area contributed by atoms with Crippen molar-refractivity contribution in [2.24, 2.45) is 0 Å². The number of carbonyl (C=O) groups excluding carboxylic acids is 1. The first kappa shape index (κ1) is 16.1. The van der Waals surface area contributed by atoms with Crippen LogP contribution in [0.1, 0.15) is 38.0 Å². The van der Waals surface area contributed by atoms with E-state index in [4.69, 9.17) is 23.2 Å². The first-order valence-corrected chi connectivity index (χ1v) is 7.74. The summed E-state index contributed by atoms with van der Waals surface area (Å²) in [7, 11) is 1.79. The van der Waals surface area contributed by atoms with Crippen LogP contribution >= 0.6 is 23.2 Å². The molecule has 2 atom stereocenters. The van der Waals surface area contributed by atoms with Crippen LogP contribution in [0, 0.1) is 0 Å². The van der Waals surface area contributed by atoms with Crippen molar-refractivity contribution in [1.29, 1.82) is 0 Å². The Balaban J connectivity index is 2.62. The lowest BCUT2D eigenvalue weighted by atomic mass is 10.2. The van der Waals surface area contributed by atoms with E-state index in [0.717, 1.165) is 11.0 Å². The third-order valence-corrected chi connectivity index (χ3v) is 4.06. The van der Waals surface area contributed by atoms with Crippen LogP contribution in [0.15, 0.2) is 18.2 Å². The highest BCUT2D eigenvalue weighted by atomic mass is 35.5. The molecule has 2 rings (SSSR count). The van der Waals surface area contributed by atoms with Crippen molar-refractivity contribution in [2.45, 2.75) is 32.2 Å². The number of aromatic nitrogens is 2. The molecule has 1 aromatic carbocycles. The van der Waals surface area contributed by atoms with E-state index in [1.165, 1.54) is 0 Å². The van der Waals surface area contributed by atoms with Crippen molar-refractivity contribution in [2.75, 3.05) is 13.6 Å². The molecule has 0 fully saturated rings. The molecule has 0 saturated carbocycles. The molecule has 2 unspecified atom stereocenters. The zero-order chi connectivity index (χ0) is 15.7. The summed E-state index contributed by atoms with van der Waals surface area (Å²) < 4.78 is 1.88. The van der Waals surface area contributed by atoms with Gasteiger partial charge in [0.05, 0.1) is 16.4 Å². The second-order valence-corrected chi connectivity index (χ2v) is 6.21. The Morgan fingerprint density at radius 3 is 2.67 bits per heavy atom. The minimum Gasteiger partial charge on any atom is -0.344 e. The smallest absolute Gasteiger partial charge is 0.245 e. The number of hydrogen-bond acceptors (Lipinski definition) is 2. The molecule has 4 nitrogen and oxygen atoms in total. The van der Waals surface area contributed by atoms with Crippen molar-refractivity contribution in [1.82, 2.24) is 14.5 Å². The van der Waals surface area contributed by atoms with Gasteiger partial charge in [0, 0.05) is 18.6 Å². The number of carbonyl (C=O) groups is 1. The predicted octanol–water partition coefficient (Wildman–Crippen LogP) is 4.03. The highest BCUT2D eigenvalue weighted by Gasteiger charge is 2.25. The minimum atomic E-state index is -0.380. The highest BCUT2D eigenvalue weighted by molar-refractivity contribution is 6.31.